The number of benzene rings is 2. The van der Waals surface area contributed by atoms with Crippen molar-refractivity contribution in [1.29, 1.82) is 0 Å². The van der Waals surface area contributed by atoms with Gasteiger partial charge in [0.05, 0.1) is 17.4 Å². The highest BCUT2D eigenvalue weighted by Gasteiger charge is 2.39. The van der Waals surface area contributed by atoms with Gasteiger partial charge in [-0.25, -0.2) is 13.1 Å². The number of rotatable bonds is 7. The van der Waals surface area contributed by atoms with Gasteiger partial charge < -0.3 is 4.90 Å². The lowest BCUT2D eigenvalue weighted by molar-refractivity contribution is -0.143. The lowest BCUT2D eigenvalue weighted by Gasteiger charge is -2.42. The van der Waals surface area contributed by atoms with Crippen molar-refractivity contribution in [1.82, 2.24) is 14.5 Å². The highest BCUT2D eigenvalue weighted by Crippen LogP contribution is 2.37. The zero-order valence-electron chi connectivity index (χ0n) is 21.1. The summed E-state index contributed by atoms with van der Waals surface area (Å²) in [6.07, 6.45) is -8.80. The molecular weight excluding hydrogens is 536 g/mol. The average Bonchev–Trinajstić information content (AvgIpc) is 2.79. The van der Waals surface area contributed by atoms with E-state index in [0.29, 0.717) is 25.1 Å². The Kier molecular flexibility index (Phi) is 8.84. The molecule has 0 bridgehead atoms. The van der Waals surface area contributed by atoms with Crippen LogP contribution in [0.25, 0.3) is 0 Å². The first kappa shape index (κ1) is 29.9. The van der Waals surface area contributed by atoms with Crippen LogP contribution in [0.15, 0.2) is 36.4 Å². The van der Waals surface area contributed by atoms with Crippen molar-refractivity contribution in [2.24, 2.45) is 0 Å². The predicted molar refractivity (Wildman–Crippen MR) is 130 cm³/mol. The SMILES string of the molecule is Cc1ccc(C[C@@H]2CN(CCNS(C)(=O)=O)CCN2C(=O)c2cc(C(F)(F)F)cc(C(F)(F)F)c2)cc1C. The number of halogens is 6. The molecule has 1 atom stereocenters. The second-order valence-electron chi connectivity index (χ2n) is 9.54. The van der Waals surface area contributed by atoms with E-state index in [-0.39, 0.29) is 32.2 Å². The van der Waals surface area contributed by atoms with Gasteiger partial charge in [-0.05, 0) is 55.2 Å². The Labute approximate surface area is 217 Å². The molecule has 210 valence electrons. The van der Waals surface area contributed by atoms with Crippen molar-refractivity contribution in [3.05, 3.63) is 69.8 Å². The Hall–Kier alpha value is -2.64. The average molecular weight is 566 g/mol. The molecule has 1 heterocycles. The number of aryl methyl sites for hydroxylation is 2. The quantitative estimate of drug-likeness (QED) is 0.510. The maximum atomic E-state index is 13.4. The van der Waals surface area contributed by atoms with Gasteiger partial charge in [0.25, 0.3) is 5.91 Å². The summed E-state index contributed by atoms with van der Waals surface area (Å²) in [6.45, 7) is 4.85. The zero-order chi connectivity index (χ0) is 28.5. The van der Waals surface area contributed by atoms with Crippen molar-refractivity contribution in [2.45, 2.75) is 38.7 Å². The third-order valence-corrected chi connectivity index (χ3v) is 7.23. The van der Waals surface area contributed by atoms with Gasteiger partial charge in [-0.2, -0.15) is 26.3 Å². The minimum absolute atomic E-state index is 0.00391. The van der Waals surface area contributed by atoms with Gasteiger partial charge >= 0.3 is 12.4 Å². The molecule has 2 aromatic rings. The number of carbonyl (C=O) groups excluding carboxylic acids is 1. The van der Waals surface area contributed by atoms with Crippen molar-refractivity contribution < 1.29 is 39.6 Å². The van der Waals surface area contributed by atoms with Crippen LogP contribution >= 0.6 is 0 Å². The first-order chi connectivity index (χ1) is 17.4. The maximum Gasteiger partial charge on any atom is 0.416 e. The van der Waals surface area contributed by atoms with Crippen LogP contribution in [0.1, 0.15) is 38.2 Å². The fourth-order valence-corrected chi connectivity index (χ4v) is 4.86. The minimum atomic E-state index is -5.07. The molecule has 1 amide bonds. The van der Waals surface area contributed by atoms with Crippen LogP contribution in [-0.4, -0.2) is 69.1 Å². The smallest absolute Gasteiger partial charge is 0.333 e. The number of sulfonamides is 1. The number of carbonyl (C=O) groups is 1. The Bertz CT molecular complexity index is 1250. The molecule has 6 nitrogen and oxygen atoms in total. The molecule has 1 saturated heterocycles. The van der Waals surface area contributed by atoms with E-state index < -0.39 is 51.0 Å². The van der Waals surface area contributed by atoms with E-state index in [4.69, 9.17) is 0 Å². The molecule has 13 heteroatoms. The van der Waals surface area contributed by atoms with E-state index in [2.05, 4.69) is 4.72 Å². The molecule has 1 N–H and O–H groups in total. The van der Waals surface area contributed by atoms with Gasteiger partial charge in [-0.15, -0.1) is 0 Å². The highest BCUT2D eigenvalue weighted by molar-refractivity contribution is 7.88. The fraction of sp³-hybridized carbons (Fsp3) is 0.480. The Morgan fingerprint density at radius 1 is 0.947 bits per heavy atom. The van der Waals surface area contributed by atoms with E-state index in [1.54, 1.807) is 0 Å². The van der Waals surface area contributed by atoms with E-state index in [1.807, 2.05) is 36.9 Å². The van der Waals surface area contributed by atoms with Gasteiger partial charge in [0, 0.05) is 44.3 Å². The summed E-state index contributed by atoms with van der Waals surface area (Å²) < 4.78 is 105. The van der Waals surface area contributed by atoms with Crippen molar-refractivity contribution in [3.63, 3.8) is 0 Å². The van der Waals surface area contributed by atoms with Gasteiger partial charge in [0.15, 0.2) is 0 Å². The maximum absolute atomic E-state index is 13.4. The standard InChI is InChI=1S/C25H29F6N3O3S/c1-16-4-5-18(10-17(16)2)11-22-15-33(7-6-32-38(3,36)37)8-9-34(22)23(35)19-12-20(24(26,27)28)14-21(13-19)25(29,30)31/h4-5,10,12-14,22,32H,6-9,11,15H2,1-3H3/t22-/m1/s1. The summed E-state index contributed by atoms with van der Waals surface area (Å²) in [5.41, 5.74) is -0.893. The molecule has 0 unspecified atom stereocenters. The molecule has 0 aromatic heterocycles. The topological polar surface area (TPSA) is 69.7 Å². The number of piperazine rings is 1. The first-order valence-corrected chi connectivity index (χ1v) is 13.7. The number of amides is 1. The van der Waals surface area contributed by atoms with Crippen LogP contribution in [0.4, 0.5) is 26.3 Å². The second kappa shape index (κ2) is 11.2. The molecule has 0 radical (unpaired) electrons. The Morgan fingerprint density at radius 2 is 1.55 bits per heavy atom. The molecule has 1 aliphatic rings. The van der Waals surface area contributed by atoms with Crippen molar-refractivity contribution >= 4 is 15.9 Å². The lowest BCUT2D eigenvalue weighted by Crippen LogP contribution is -2.57. The largest absolute Gasteiger partial charge is 0.416 e. The van der Waals surface area contributed by atoms with Crippen LogP contribution < -0.4 is 4.72 Å². The summed E-state index contributed by atoms with van der Waals surface area (Å²) in [6, 6.07) is 6.02. The van der Waals surface area contributed by atoms with Crippen LogP contribution in [0.2, 0.25) is 0 Å². The van der Waals surface area contributed by atoms with Crippen LogP contribution in [-0.2, 0) is 28.8 Å². The molecule has 1 fully saturated rings. The Morgan fingerprint density at radius 3 is 2.08 bits per heavy atom. The van der Waals surface area contributed by atoms with Gasteiger partial charge in [0.1, 0.15) is 0 Å². The zero-order valence-corrected chi connectivity index (χ0v) is 21.9. The van der Waals surface area contributed by atoms with Crippen molar-refractivity contribution in [2.75, 3.05) is 39.0 Å². The molecule has 0 spiro atoms. The molecule has 0 aliphatic carbocycles. The van der Waals surface area contributed by atoms with Gasteiger partial charge in [-0.1, -0.05) is 18.2 Å². The monoisotopic (exact) mass is 565 g/mol. The summed E-state index contributed by atoms with van der Waals surface area (Å²) in [5.74, 6) is -0.927. The number of nitrogens with zero attached hydrogens (tertiary/aromatic N) is 2. The third kappa shape index (κ3) is 7.93. The number of hydrogen-bond acceptors (Lipinski definition) is 4. The number of nitrogens with one attached hydrogen (secondary N) is 1. The lowest BCUT2D eigenvalue weighted by atomic mass is 9.97. The third-order valence-electron chi connectivity index (χ3n) is 6.50. The predicted octanol–water partition coefficient (Wildman–Crippen LogP) is 4.26. The molecular formula is C25H29F6N3O3S. The van der Waals surface area contributed by atoms with Gasteiger partial charge in [-0.3, -0.25) is 9.69 Å². The normalized spacial score (nSPS) is 17.6. The summed E-state index contributed by atoms with van der Waals surface area (Å²) >= 11 is 0. The van der Waals surface area contributed by atoms with Gasteiger partial charge in [0.2, 0.25) is 10.0 Å². The molecule has 1 aliphatic heterocycles. The molecule has 3 rings (SSSR count). The van der Waals surface area contributed by atoms with E-state index in [0.717, 1.165) is 22.9 Å². The minimum Gasteiger partial charge on any atom is -0.333 e. The van der Waals surface area contributed by atoms with Crippen LogP contribution in [0.5, 0.6) is 0 Å². The fourth-order valence-electron chi connectivity index (χ4n) is 4.40. The first-order valence-electron chi connectivity index (χ1n) is 11.8. The van der Waals surface area contributed by atoms with Crippen molar-refractivity contribution in [3.8, 4) is 0 Å². The number of hydrogen-bond donors (Lipinski definition) is 1. The summed E-state index contributed by atoms with van der Waals surface area (Å²) in [7, 11) is -3.41. The Balaban J connectivity index is 1.93. The molecule has 2 aromatic carbocycles. The van der Waals surface area contributed by atoms with E-state index in [1.165, 1.54) is 4.90 Å². The number of alkyl halides is 6. The van der Waals surface area contributed by atoms with E-state index >= 15 is 0 Å². The van der Waals surface area contributed by atoms with Crippen LogP contribution in [0.3, 0.4) is 0 Å². The van der Waals surface area contributed by atoms with Crippen LogP contribution in [0, 0.1) is 13.8 Å². The molecule has 38 heavy (non-hydrogen) atoms. The second-order valence-corrected chi connectivity index (χ2v) is 11.4. The summed E-state index contributed by atoms with van der Waals surface area (Å²) in [4.78, 5) is 16.6. The van der Waals surface area contributed by atoms with E-state index in [9.17, 15) is 39.6 Å². The molecule has 0 saturated carbocycles. The highest BCUT2D eigenvalue weighted by atomic mass is 32.2. The summed E-state index contributed by atoms with van der Waals surface area (Å²) in [5, 5.41) is 0.